The number of hydrogen-bond acceptors (Lipinski definition) is 4. The van der Waals surface area contributed by atoms with Gasteiger partial charge in [-0.25, -0.2) is 9.36 Å². The molecule has 2 N–H and O–H groups in total. The number of methoxy groups -OCH3 is 1. The van der Waals surface area contributed by atoms with E-state index in [1.165, 1.54) is 18.6 Å². The topological polar surface area (TPSA) is 96.3 Å². The maximum atomic E-state index is 13.0. The molecule has 1 heterocycles. The van der Waals surface area contributed by atoms with Gasteiger partial charge in [0.25, 0.3) is 5.56 Å². The minimum atomic E-state index is -0.900. The third-order valence-corrected chi connectivity index (χ3v) is 4.12. The summed E-state index contributed by atoms with van der Waals surface area (Å²) in [5, 5.41) is 0.325. The molecule has 0 aliphatic carbocycles. The van der Waals surface area contributed by atoms with Crippen LogP contribution in [-0.2, 0) is 4.79 Å². The molecular formula is C18H17N3O4. The minimum Gasteiger partial charge on any atom is -0.497 e. The van der Waals surface area contributed by atoms with Crippen LogP contribution in [0.1, 0.15) is 13.0 Å². The maximum Gasteiger partial charge on any atom is 0.336 e. The molecule has 0 spiro atoms. The molecule has 0 radical (unpaired) electrons. The molecule has 2 aromatic carbocycles. The van der Waals surface area contributed by atoms with Crippen LogP contribution in [0.15, 0.2) is 58.1 Å². The number of para-hydroxylation sites is 1. The van der Waals surface area contributed by atoms with Crippen molar-refractivity contribution in [2.45, 2.75) is 13.0 Å². The van der Waals surface area contributed by atoms with Crippen LogP contribution < -0.4 is 21.7 Å². The Kier molecular flexibility index (Phi) is 4.14. The van der Waals surface area contributed by atoms with Gasteiger partial charge in [-0.15, -0.1) is 0 Å². The first-order chi connectivity index (χ1) is 12.0. The van der Waals surface area contributed by atoms with Crippen molar-refractivity contribution < 1.29 is 9.53 Å². The monoisotopic (exact) mass is 339 g/mol. The Morgan fingerprint density at radius 1 is 1.08 bits per heavy atom. The molecule has 0 saturated heterocycles. The van der Waals surface area contributed by atoms with Gasteiger partial charge in [-0.05, 0) is 43.3 Å². The predicted molar refractivity (Wildman–Crippen MR) is 94.3 cm³/mol. The van der Waals surface area contributed by atoms with Crippen LogP contribution in [0.2, 0.25) is 0 Å². The largest absolute Gasteiger partial charge is 0.497 e. The summed E-state index contributed by atoms with van der Waals surface area (Å²) in [6, 6.07) is 12.2. The standard InChI is InChI=1S/C18H17N3O4/c1-11(16(19)22)20-15-6-4-3-5-14(15)17(23)21(18(20)24)12-7-9-13(25-2)10-8-12/h3-11H,1-2H3,(H2,19,22)/t11-/m1/s1. The highest BCUT2D eigenvalue weighted by atomic mass is 16.5. The first kappa shape index (κ1) is 16.5. The summed E-state index contributed by atoms with van der Waals surface area (Å²) in [7, 11) is 1.53. The molecule has 0 saturated carbocycles. The van der Waals surface area contributed by atoms with E-state index in [1.807, 2.05) is 0 Å². The number of primary amides is 1. The van der Waals surface area contributed by atoms with Crippen molar-refractivity contribution in [1.29, 1.82) is 0 Å². The number of rotatable bonds is 4. The zero-order valence-corrected chi connectivity index (χ0v) is 13.8. The van der Waals surface area contributed by atoms with Crippen molar-refractivity contribution >= 4 is 16.8 Å². The van der Waals surface area contributed by atoms with Gasteiger partial charge in [0.2, 0.25) is 5.91 Å². The molecule has 3 rings (SSSR count). The van der Waals surface area contributed by atoms with Crippen LogP contribution in [0.25, 0.3) is 16.6 Å². The van der Waals surface area contributed by atoms with E-state index in [0.717, 1.165) is 4.57 Å². The number of aromatic nitrogens is 2. The highest BCUT2D eigenvalue weighted by molar-refractivity contribution is 5.83. The zero-order valence-electron chi connectivity index (χ0n) is 13.8. The summed E-state index contributed by atoms with van der Waals surface area (Å²) < 4.78 is 7.37. The molecule has 0 bridgehead atoms. The first-order valence-electron chi connectivity index (χ1n) is 7.65. The van der Waals surface area contributed by atoms with Gasteiger partial charge in [0.05, 0.1) is 23.7 Å². The van der Waals surface area contributed by atoms with E-state index in [-0.39, 0.29) is 0 Å². The van der Waals surface area contributed by atoms with E-state index in [0.29, 0.717) is 22.3 Å². The molecule has 1 atom stereocenters. The van der Waals surface area contributed by atoms with Crippen molar-refractivity contribution in [3.8, 4) is 11.4 Å². The van der Waals surface area contributed by atoms with Gasteiger partial charge in [0, 0.05) is 0 Å². The molecule has 0 fully saturated rings. The molecular weight excluding hydrogens is 322 g/mol. The average Bonchev–Trinajstić information content (AvgIpc) is 2.62. The highest BCUT2D eigenvalue weighted by Gasteiger charge is 2.20. The van der Waals surface area contributed by atoms with Crippen LogP contribution in [0.4, 0.5) is 0 Å². The van der Waals surface area contributed by atoms with E-state index in [9.17, 15) is 14.4 Å². The van der Waals surface area contributed by atoms with Crippen LogP contribution >= 0.6 is 0 Å². The molecule has 0 unspecified atom stereocenters. The fraction of sp³-hybridized carbons (Fsp3) is 0.167. The number of hydrogen-bond donors (Lipinski definition) is 1. The number of benzene rings is 2. The van der Waals surface area contributed by atoms with Crippen LogP contribution in [0.5, 0.6) is 5.75 Å². The summed E-state index contributed by atoms with van der Waals surface area (Å²) in [6.45, 7) is 1.53. The van der Waals surface area contributed by atoms with Crippen molar-refractivity contribution in [2.24, 2.45) is 5.73 Å². The van der Waals surface area contributed by atoms with Crippen LogP contribution in [0, 0.1) is 0 Å². The summed E-state index contributed by atoms with van der Waals surface area (Å²) in [5.41, 5.74) is 5.06. The van der Waals surface area contributed by atoms with Crippen LogP contribution in [-0.4, -0.2) is 22.2 Å². The quantitative estimate of drug-likeness (QED) is 0.772. The second-order valence-corrected chi connectivity index (χ2v) is 5.59. The number of ether oxygens (including phenoxy) is 1. The second kappa shape index (κ2) is 6.27. The summed E-state index contributed by atoms with van der Waals surface area (Å²) in [6.07, 6.45) is 0. The highest BCUT2D eigenvalue weighted by Crippen LogP contribution is 2.16. The van der Waals surface area contributed by atoms with E-state index in [4.69, 9.17) is 10.5 Å². The maximum absolute atomic E-state index is 13.0. The Hall–Kier alpha value is -3.35. The van der Waals surface area contributed by atoms with Crippen molar-refractivity contribution in [2.75, 3.05) is 7.11 Å². The Balaban J connectivity index is 2.41. The molecule has 7 heteroatoms. The van der Waals surface area contributed by atoms with E-state index >= 15 is 0 Å². The number of fused-ring (bicyclic) bond motifs is 1. The van der Waals surface area contributed by atoms with Gasteiger partial charge in [0.1, 0.15) is 11.8 Å². The second-order valence-electron chi connectivity index (χ2n) is 5.59. The molecule has 1 amide bonds. The number of carbonyl (C=O) groups excluding carboxylic acids is 1. The summed E-state index contributed by atoms with van der Waals surface area (Å²) in [4.78, 5) is 37.5. The minimum absolute atomic E-state index is 0.325. The lowest BCUT2D eigenvalue weighted by Gasteiger charge is -2.17. The first-order valence-corrected chi connectivity index (χ1v) is 7.65. The Bertz CT molecular complexity index is 1060. The molecule has 0 aliphatic rings. The molecule has 128 valence electrons. The lowest BCUT2D eigenvalue weighted by molar-refractivity contribution is -0.120. The fourth-order valence-corrected chi connectivity index (χ4v) is 2.74. The smallest absolute Gasteiger partial charge is 0.336 e. The Morgan fingerprint density at radius 2 is 1.72 bits per heavy atom. The molecule has 7 nitrogen and oxygen atoms in total. The third kappa shape index (κ3) is 2.69. The normalized spacial score (nSPS) is 12.1. The lowest BCUT2D eigenvalue weighted by Crippen LogP contribution is -2.42. The van der Waals surface area contributed by atoms with E-state index in [2.05, 4.69) is 0 Å². The fourth-order valence-electron chi connectivity index (χ4n) is 2.74. The van der Waals surface area contributed by atoms with Gasteiger partial charge in [-0.2, -0.15) is 0 Å². The van der Waals surface area contributed by atoms with Gasteiger partial charge in [-0.1, -0.05) is 12.1 Å². The van der Waals surface area contributed by atoms with E-state index < -0.39 is 23.2 Å². The van der Waals surface area contributed by atoms with Gasteiger partial charge < -0.3 is 10.5 Å². The summed E-state index contributed by atoms with van der Waals surface area (Å²) in [5.74, 6) is -0.0596. The lowest BCUT2D eigenvalue weighted by atomic mass is 10.2. The summed E-state index contributed by atoms with van der Waals surface area (Å²) >= 11 is 0. The van der Waals surface area contributed by atoms with Gasteiger partial charge >= 0.3 is 5.69 Å². The van der Waals surface area contributed by atoms with Gasteiger partial charge in [0.15, 0.2) is 0 Å². The zero-order chi connectivity index (χ0) is 18.1. The van der Waals surface area contributed by atoms with E-state index in [1.54, 1.807) is 48.5 Å². The number of amides is 1. The molecule has 1 aromatic heterocycles. The molecule has 3 aromatic rings. The molecule has 0 aliphatic heterocycles. The number of carbonyl (C=O) groups is 1. The molecule has 25 heavy (non-hydrogen) atoms. The average molecular weight is 339 g/mol. The number of nitrogens with two attached hydrogens (primary N) is 1. The van der Waals surface area contributed by atoms with Gasteiger partial charge in [-0.3, -0.25) is 14.2 Å². The van der Waals surface area contributed by atoms with Crippen molar-refractivity contribution in [1.82, 2.24) is 9.13 Å². The Morgan fingerprint density at radius 3 is 2.32 bits per heavy atom. The predicted octanol–water partition coefficient (Wildman–Crippen LogP) is 1.21. The van der Waals surface area contributed by atoms with Crippen molar-refractivity contribution in [3.63, 3.8) is 0 Å². The SMILES string of the molecule is COc1ccc(-n2c(=O)c3ccccc3n([C@H](C)C(N)=O)c2=O)cc1. The Labute approximate surface area is 142 Å². The number of nitrogens with zero attached hydrogens (tertiary/aromatic N) is 2. The van der Waals surface area contributed by atoms with Crippen LogP contribution in [0.3, 0.4) is 0 Å². The third-order valence-electron chi connectivity index (χ3n) is 4.12. The van der Waals surface area contributed by atoms with Crippen molar-refractivity contribution in [3.05, 3.63) is 69.4 Å².